The van der Waals surface area contributed by atoms with Crippen LogP contribution in [0.4, 0.5) is 4.39 Å². The lowest BCUT2D eigenvalue weighted by Gasteiger charge is -2.20. The Balaban J connectivity index is 1.33. The molecule has 1 saturated heterocycles. The van der Waals surface area contributed by atoms with Crippen LogP contribution in [0.3, 0.4) is 0 Å². The van der Waals surface area contributed by atoms with Gasteiger partial charge < -0.3 is 13.8 Å². The Kier molecular flexibility index (Phi) is 5.49. The van der Waals surface area contributed by atoms with E-state index in [1.807, 2.05) is 24.3 Å². The largest absolute Gasteiger partial charge is 0.443 e. The monoisotopic (exact) mass is 451 g/mol. The molecule has 6 nitrogen and oxygen atoms in total. The van der Waals surface area contributed by atoms with Gasteiger partial charge in [-0.1, -0.05) is 41.0 Å². The topological polar surface area (TPSA) is 72.4 Å². The van der Waals surface area contributed by atoms with E-state index < -0.39 is 5.82 Å². The van der Waals surface area contributed by atoms with Crippen molar-refractivity contribution in [3.63, 3.8) is 0 Å². The number of rotatable bonds is 5. The van der Waals surface area contributed by atoms with E-state index in [0.717, 1.165) is 18.4 Å². The summed E-state index contributed by atoms with van der Waals surface area (Å²) in [6.45, 7) is 0.550. The summed E-state index contributed by atoms with van der Waals surface area (Å²) < 4.78 is 25.3. The molecule has 162 valence electrons. The number of nitrogens with zero attached hydrogens (tertiary/aromatic N) is 3. The van der Waals surface area contributed by atoms with Crippen LogP contribution in [0.25, 0.3) is 11.3 Å². The Bertz CT molecular complexity index is 1250. The molecule has 8 heteroatoms. The molecule has 0 bridgehead atoms. The molecule has 0 radical (unpaired) electrons. The number of carbonyl (C=O) groups excluding carboxylic acids is 1. The van der Waals surface area contributed by atoms with Gasteiger partial charge in [-0.2, -0.15) is 0 Å². The van der Waals surface area contributed by atoms with Crippen LogP contribution in [-0.4, -0.2) is 27.5 Å². The fourth-order valence-corrected chi connectivity index (χ4v) is 4.07. The molecule has 1 amide bonds. The van der Waals surface area contributed by atoms with Gasteiger partial charge in [-0.3, -0.25) is 4.79 Å². The summed E-state index contributed by atoms with van der Waals surface area (Å²) in [5, 5.41) is 4.56. The average Bonchev–Trinajstić information content (AvgIpc) is 3.56. The van der Waals surface area contributed by atoms with Gasteiger partial charge in [-0.25, -0.2) is 9.37 Å². The quantitative estimate of drug-likeness (QED) is 0.389. The fraction of sp³-hybridized carbons (Fsp3) is 0.208. The van der Waals surface area contributed by atoms with E-state index in [1.54, 1.807) is 29.3 Å². The normalized spacial score (nSPS) is 15.9. The van der Waals surface area contributed by atoms with Crippen LogP contribution < -0.4 is 0 Å². The van der Waals surface area contributed by atoms with Crippen LogP contribution in [0, 0.1) is 5.82 Å². The van der Waals surface area contributed by atoms with Gasteiger partial charge in [-0.15, -0.1) is 0 Å². The second-order valence-corrected chi connectivity index (χ2v) is 8.12. The van der Waals surface area contributed by atoms with Crippen molar-refractivity contribution >= 4 is 17.5 Å². The standard InChI is InChI=1S/C24H19ClFN3O3/c25-16-9-7-15(8-10-16)12-17-14-27-23(31-17)21-6-3-11-29(21)24(30)22-13-20(28-32-22)18-4-1-2-5-19(18)26/h1-2,4-5,7-10,13-14,21H,3,6,11-12H2/t21-/m1/s1. The van der Waals surface area contributed by atoms with Crippen molar-refractivity contribution in [3.8, 4) is 11.3 Å². The van der Waals surface area contributed by atoms with Gasteiger partial charge in [0, 0.05) is 29.6 Å². The molecule has 0 saturated carbocycles. The van der Waals surface area contributed by atoms with Crippen molar-refractivity contribution in [2.75, 3.05) is 6.54 Å². The van der Waals surface area contributed by atoms with Crippen LogP contribution in [0.1, 0.15) is 46.7 Å². The number of oxazole rings is 1. The molecule has 0 spiro atoms. The first-order valence-electron chi connectivity index (χ1n) is 10.3. The third-order valence-electron chi connectivity index (χ3n) is 5.53. The Hall–Kier alpha value is -3.45. The van der Waals surface area contributed by atoms with Crippen molar-refractivity contribution in [1.82, 2.24) is 15.0 Å². The summed E-state index contributed by atoms with van der Waals surface area (Å²) in [7, 11) is 0. The number of benzene rings is 2. The Morgan fingerprint density at radius 1 is 1.19 bits per heavy atom. The van der Waals surface area contributed by atoms with Crippen molar-refractivity contribution in [2.24, 2.45) is 0 Å². The SMILES string of the molecule is O=C(c1cc(-c2ccccc2F)no1)N1CCC[C@@H]1c1ncc(Cc2ccc(Cl)cc2)o1. The first kappa shape index (κ1) is 20.5. The van der Waals surface area contributed by atoms with Gasteiger partial charge in [-0.05, 0) is 42.7 Å². The third kappa shape index (κ3) is 4.03. The lowest BCUT2D eigenvalue weighted by atomic mass is 10.1. The van der Waals surface area contributed by atoms with Crippen molar-refractivity contribution in [2.45, 2.75) is 25.3 Å². The molecule has 0 aliphatic carbocycles. The van der Waals surface area contributed by atoms with E-state index >= 15 is 0 Å². The second-order valence-electron chi connectivity index (χ2n) is 7.68. The molecule has 2 aromatic carbocycles. The van der Waals surface area contributed by atoms with E-state index in [4.69, 9.17) is 20.5 Å². The minimum Gasteiger partial charge on any atom is -0.443 e. The predicted octanol–water partition coefficient (Wildman–Crippen LogP) is 5.69. The molecule has 4 aromatic rings. The second kappa shape index (κ2) is 8.59. The molecule has 2 aromatic heterocycles. The molecule has 1 aliphatic rings. The summed E-state index contributed by atoms with van der Waals surface area (Å²) in [4.78, 5) is 19.2. The maximum atomic E-state index is 14.0. The first-order valence-corrected chi connectivity index (χ1v) is 10.7. The fourth-order valence-electron chi connectivity index (χ4n) is 3.94. The van der Waals surface area contributed by atoms with Gasteiger partial charge in [0.15, 0.2) is 0 Å². The highest BCUT2D eigenvalue weighted by Gasteiger charge is 2.35. The zero-order valence-corrected chi connectivity index (χ0v) is 17.8. The van der Waals surface area contributed by atoms with Gasteiger partial charge >= 0.3 is 0 Å². The number of aromatic nitrogens is 2. The van der Waals surface area contributed by atoms with Gasteiger partial charge in [0.25, 0.3) is 5.91 Å². The van der Waals surface area contributed by atoms with Crippen LogP contribution in [0.2, 0.25) is 5.02 Å². The highest BCUT2D eigenvalue weighted by molar-refractivity contribution is 6.30. The number of hydrogen-bond acceptors (Lipinski definition) is 5. The number of carbonyl (C=O) groups is 1. The average molecular weight is 452 g/mol. The molecule has 1 atom stereocenters. The number of halogens is 2. The van der Waals surface area contributed by atoms with E-state index in [9.17, 15) is 9.18 Å². The van der Waals surface area contributed by atoms with Crippen LogP contribution in [-0.2, 0) is 6.42 Å². The van der Waals surface area contributed by atoms with Crippen molar-refractivity contribution in [3.05, 3.63) is 94.6 Å². The molecular formula is C24H19ClFN3O3. The highest BCUT2D eigenvalue weighted by Crippen LogP contribution is 2.34. The van der Waals surface area contributed by atoms with Crippen LogP contribution >= 0.6 is 11.6 Å². The Labute approximate surface area is 188 Å². The minimum atomic E-state index is -0.424. The summed E-state index contributed by atoms with van der Waals surface area (Å²) >= 11 is 5.94. The number of amides is 1. The zero-order valence-electron chi connectivity index (χ0n) is 17.0. The van der Waals surface area contributed by atoms with E-state index in [0.29, 0.717) is 29.6 Å². The van der Waals surface area contributed by atoms with Gasteiger partial charge in [0.1, 0.15) is 23.3 Å². The summed E-state index contributed by atoms with van der Waals surface area (Å²) in [5.74, 6) is 0.520. The van der Waals surface area contributed by atoms with Crippen molar-refractivity contribution < 1.29 is 18.1 Å². The predicted molar refractivity (Wildman–Crippen MR) is 116 cm³/mol. The summed E-state index contributed by atoms with van der Waals surface area (Å²) in [6, 6.07) is 15.0. The van der Waals surface area contributed by atoms with E-state index in [2.05, 4.69) is 10.1 Å². The molecule has 1 aliphatic heterocycles. The van der Waals surface area contributed by atoms with Gasteiger partial charge in [0.2, 0.25) is 11.7 Å². The maximum absolute atomic E-state index is 14.0. The third-order valence-corrected chi connectivity index (χ3v) is 5.78. The first-order chi connectivity index (χ1) is 15.6. The molecule has 0 N–H and O–H groups in total. The molecule has 1 fully saturated rings. The molecular weight excluding hydrogens is 433 g/mol. The minimum absolute atomic E-state index is 0.0584. The lowest BCUT2D eigenvalue weighted by molar-refractivity contribution is 0.0672. The van der Waals surface area contributed by atoms with E-state index in [-0.39, 0.29) is 29.0 Å². The molecule has 0 unspecified atom stereocenters. The smallest absolute Gasteiger partial charge is 0.293 e. The Morgan fingerprint density at radius 2 is 2.00 bits per heavy atom. The van der Waals surface area contributed by atoms with Crippen LogP contribution in [0.5, 0.6) is 0 Å². The zero-order chi connectivity index (χ0) is 22.1. The number of likely N-dealkylation sites (tertiary alicyclic amines) is 1. The van der Waals surface area contributed by atoms with Crippen molar-refractivity contribution in [1.29, 1.82) is 0 Å². The van der Waals surface area contributed by atoms with Gasteiger partial charge in [0.05, 0.1) is 6.20 Å². The molecule has 32 heavy (non-hydrogen) atoms. The lowest BCUT2D eigenvalue weighted by Crippen LogP contribution is -2.30. The summed E-state index contributed by atoms with van der Waals surface area (Å²) in [6.07, 6.45) is 3.83. The maximum Gasteiger partial charge on any atom is 0.293 e. The van der Waals surface area contributed by atoms with E-state index in [1.165, 1.54) is 12.1 Å². The number of hydrogen-bond donors (Lipinski definition) is 0. The van der Waals surface area contributed by atoms with Crippen LogP contribution in [0.15, 0.2) is 69.7 Å². The molecule has 5 rings (SSSR count). The molecule has 3 heterocycles. The highest BCUT2D eigenvalue weighted by atomic mass is 35.5. The Morgan fingerprint density at radius 3 is 2.81 bits per heavy atom. The summed E-state index contributed by atoms with van der Waals surface area (Å²) in [5.41, 5.74) is 1.62.